The summed E-state index contributed by atoms with van der Waals surface area (Å²) in [7, 11) is 0. The van der Waals surface area contributed by atoms with Gasteiger partial charge in [0.25, 0.3) is 5.24 Å². The molecule has 0 aromatic carbocycles. The van der Waals surface area contributed by atoms with Crippen LogP contribution in [0.1, 0.15) is 6.92 Å². The first-order valence-corrected chi connectivity index (χ1v) is 3.17. The van der Waals surface area contributed by atoms with Gasteiger partial charge in [0.2, 0.25) is 5.91 Å². The number of hydrogen-bond donors (Lipinski definition) is 2. The Hall–Kier alpha value is -0.710. The largest absolute Gasteiger partial charge is 0.369 e. The van der Waals surface area contributed by atoms with E-state index in [1.54, 1.807) is 0 Å². The van der Waals surface area contributed by atoms with E-state index in [4.69, 9.17) is 11.5 Å². The molecule has 0 rings (SSSR count). The van der Waals surface area contributed by atoms with E-state index in [0.29, 0.717) is 0 Å². The van der Waals surface area contributed by atoms with Gasteiger partial charge in [-0.3, -0.25) is 9.59 Å². The number of carbonyl (C=O) groups is 2. The van der Waals surface area contributed by atoms with Gasteiger partial charge in [0, 0.05) is 0 Å². The number of amides is 2. The summed E-state index contributed by atoms with van der Waals surface area (Å²) in [5.74, 6) is -0.529. The van der Waals surface area contributed by atoms with Crippen LogP contribution in [-0.4, -0.2) is 16.4 Å². The molecule has 52 valence electrons. The molecule has 0 aromatic rings. The van der Waals surface area contributed by atoms with Crippen molar-refractivity contribution >= 4 is 22.9 Å². The van der Waals surface area contributed by atoms with Gasteiger partial charge in [-0.15, -0.1) is 0 Å². The van der Waals surface area contributed by atoms with Gasteiger partial charge >= 0.3 is 0 Å². The Morgan fingerprint density at radius 3 is 2.00 bits per heavy atom. The Balaban J connectivity index is 3.63. The van der Waals surface area contributed by atoms with Gasteiger partial charge in [0.05, 0.1) is 5.25 Å². The number of primary amides is 2. The van der Waals surface area contributed by atoms with Gasteiger partial charge in [-0.25, -0.2) is 0 Å². The number of nitrogens with two attached hydrogens (primary N) is 2. The monoisotopic (exact) mass is 148 g/mol. The van der Waals surface area contributed by atoms with E-state index >= 15 is 0 Å². The van der Waals surface area contributed by atoms with Gasteiger partial charge in [-0.2, -0.15) is 0 Å². The molecule has 5 heteroatoms. The minimum Gasteiger partial charge on any atom is -0.369 e. The van der Waals surface area contributed by atoms with Gasteiger partial charge in [-0.1, -0.05) is 11.8 Å². The fourth-order valence-corrected chi connectivity index (χ4v) is 0.697. The maximum absolute atomic E-state index is 10.2. The van der Waals surface area contributed by atoms with E-state index in [1.807, 2.05) is 0 Å². The molecule has 0 bridgehead atoms. The highest BCUT2D eigenvalue weighted by atomic mass is 32.2. The standard InChI is InChI=1S/C4H8N2O2S/c1-2(3(5)7)9-4(6)8/h2H,1H3,(H2,5,7)(H2,6,8)/t2-/m1/s1. The highest BCUT2D eigenvalue weighted by molar-refractivity contribution is 8.14. The van der Waals surface area contributed by atoms with E-state index in [1.165, 1.54) is 6.92 Å². The normalized spacial score (nSPS) is 12.6. The van der Waals surface area contributed by atoms with Crippen LogP contribution in [0.25, 0.3) is 0 Å². The molecule has 0 spiro atoms. The van der Waals surface area contributed by atoms with Crippen LogP contribution in [0.15, 0.2) is 0 Å². The molecular weight excluding hydrogens is 140 g/mol. The lowest BCUT2D eigenvalue weighted by Crippen LogP contribution is -2.25. The fourth-order valence-electron chi connectivity index (χ4n) is 0.232. The molecule has 4 N–H and O–H groups in total. The Labute approximate surface area is 57.0 Å². The molecular formula is C4H8N2O2S. The Kier molecular flexibility index (Phi) is 3.08. The maximum atomic E-state index is 10.2. The lowest BCUT2D eigenvalue weighted by Gasteiger charge is -2.00. The predicted molar refractivity (Wildman–Crippen MR) is 35.8 cm³/mol. The lowest BCUT2D eigenvalue weighted by molar-refractivity contribution is -0.117. The van der Waals surface area contributed by atoms with E-state index in [-0.39, 0.29) is 0 Å². The van der Waals surface area contributed by atoms with Gasteiger partial charge in [0.1, 0.15) is 0 Å². The summed E-state index contributed by atoms with van der Waals surface area (Å²) in [6.07, 6.45) is 0. The summed E-state index contributed by atoms with van der Waals surface area (Å²) in [6, 6.07) is 0. The quantitative estimate of drug-likeness (QED) is 0.562. The van der Waals surface area contributed by atoms with Crippen molar-refractivity contribution in [2.45, 2.75) is 12.2 Å². The maximum Gasteiger partial charge on any atom is 0.277 e. The summed E-state index contributed by atoms with van der Waals surface area (Å²) in [4.78, 5) is 20.3. The van der Waals surface area contributed by atoms with Gasteiger partial charge < -0.3 is 11.5 Å². The van der Waals surface area contributed by atoms with Crippen molar-refractivity contribution in [3.63, 3.8) is 0 Å². The van der Waals surface area contributed by atoms with Crippen LogP contribution in [0.3, 0.4) is 0 Å². The number of thioether (sulfide) groups is 1. The average Bonchev–Trinajstić information content (AvgIpc) is 1.63. The molecule has 2 amide bonds. The van der Waals surface area contributed by atoms with Gasteiger partial charge in [0.15, 0.2) is 0 Å². The van der Waals surface area contributed by atoms with Crippen molar-refractivity contribution < 1.29 is 9.59 Å². The van der Waals surface area contributed by atoms with Crippen molar-refractivity contribution in [2.75, 3.05) is 0 Å². The molecule has 0 aromatic heterocycles. The van der Waals surface area contributed by atoms with Crippen LogP contribution >= 0.6 is 11.8 Å². The number of carbonyl (C=O) groups excluding carboxylic acids is 2. The van der Waals surface area contributed by atoms with Crippen molar-refractivity contribution in [1.29, 1.82) is 0 Å². The van der Waals surface area contributed by atoms with Crippen LogP contribution in [0, 0.1) is 0 Å². The smallest absolute Gasteiger partial charge is 0.277 e. The summed E-state index contributed by atoms with van der Waals surface area (Å²) < 4.78 is 0. The topological polar surface area (TPSA) is 86.2 Å². The van der Waals surface area contributed by atoms with Crippen LogP contribution in [-0.2, 0) is 4.79 Å². The fraction of sp³-hybridized carbons (Fsp3) is 0.500. The molecule has 0 aliphatic carbocycles. The van der Waals surface area contributed by atoms with Crippen LogP contribution < -0.4 is 11.5 Å². The Bertz CT molecular complexity index is 137. The van der Waals surface area contributed by atoms with E-state index in [0.717, 1.165) is 11.8 Å². The van der Waals surface area contributed by atoms with Crippen LogP contribution in [0.4, 0.5) is 4.79 Å². The van der Waals surface area contributed by atoms with Crippen molar-refractivity contribution in [3.05, 3.63) is 0 Å². The first-order valence-electron chi connectivity index (χ1n) is 2.29. The lowest BCUT2D eigenvalue weighted by atomic mass is 10.5. The molecule has 0 fully saturated rings. The molecule has 0 saturated heterocycles. The van der Waals surface area contributed by atoms with Gasteiger partial charge in [-0.05, 0) is 6.92 Å². The highest BCUT2D eigenvalue weighted by Crippen LogP contribution is 2.07. The van der Waals surface area contributed by atoms with Crippen molar-refractivity contribution in [3.8, 4) is 0 Å². The molecule has 1 atom stereocenters. The highest BCUT2D eigenvalue weighted by Gasteiger charge is 2.11. The Morgan fingerprint density at radius 2 is 1.89 bits per heavy atom. The molecule has 9 heavy (non-hydrogen) atoms. The zero-order valence-corrected chi connectivity index (χ0v) is 5.77. The predicted octanol–water partition coefficient (Wildman–Crippen LogP) is -0.328. The first kappa shape index (κ1) is 8.29. The molecule has 0 heterocycles. The molecule has 0 aliphatic rings. The minimum atomic E-state index is -0.582. The SMILES string of the molecule is C[C@@H](SC(N)=O)C(N)=O. The second kappa shape index (κ2) is 3.34. The first-order chi connectivity index (χ1) is 4.04. The summed E-state index contributed by atoms with van der Waals surface area (Å²) in [5, 5.41) is -1.11. The van der Waals surface area contributed by atoms with Crippen molar-refractivity contribution in [1.82, 2.24) is 0 Å². The molecule has 0 radical (unpaired) electrons. The zero-order valence-electron chi connectivity index (χ0n) is 4.96. The Morgan fingerprint density at radius 1 is 1.44 bits per heavy atom. The third-order valence-electron chi connectivity index (χ3n) is 0.694. The third-order valence-corrected chi connectivity index (χ3v) is 1.51. The second-order valence-corrected chi connectivity index (χ2v) is 2.83. The van der Waals surface area contributed by atoms with E-state index < -0.39 is 16.4 Å². The molecule has 0 unspecified atom stereocenters. The summed E-state index contributed by atoms with van der Waals surface area (Å²) >= 11 is 0.727. The number of hydrogen-bond acceptors (Lipinski definition) is 3. The van der Waals surface area contributed by atoms with E-state index in [9.17, 15) is 9.59 Å². The average molecular weight is 148 g/mol. The summed E-state index contributed by atoms with van der Waals surface area (Å²) in [5.41, 5.74) is 9.56. The second-order valence-electron chi connectivity index (χ2n) is 1.48. The van der Waals surface area contributed by atoms with Crippen molar-refractivity contribution in [2.24, 2.45) is 11.5 Å². The molecule has 4 nitrogen and oxygen atoms in total. The summed E-state index contributed by atoms with van der Waals surface area (Å²) in [6.45, 7) is 1.53. The zero-order chi connectivity index (χ0) is 7.44. The molecule has 0 aliphatic heterocycles. The third kappa shape index (κ3) is 3.84. The minimum absolute atomic E-state index is 0.525. The van der Waals surface area contributed by atoms with Crippen LogP contribution in [0.2, 0.25) is 0 Å². The van der Waals surface area contributed by atoms with Crippen LogP contribution in [0.5, 0.6) is 0 Å². The van der Waals surface area contributed by atoms with E-state index in [2.05, 4.69) is 0 Å². The number of rotatable bonds is 2. The molecule has 0 saturated carbocycles.